The van der Waals surface area contributed by atoms with Crippen molar-refractivity contribution in [1.82, 2.24) is 0 Å². The smallest absolute Gasteiger partial charge is 0.255 e. The summed E-state index contributed by atoms with van der Waals surface area (Å²) in [5, 5.41) is 15.1. The van der Waals surface area contributed by atoms with Gasteiger partial charge in [0.05, 0.1) is 5.71 Å². The Labute approximate surface area is 121 Å². The maximum absolute atomic E-state index is 12.0. The molecule has 0 unspecified atom stereocenters. The zero-order valence-corrected chi connectivity index (χ0v) is 11.6. The average Bonchev–Trinajstić information content (AvgIpc) is 2.47. The van der Waals surface area contributed by atoms with E-state index in [1.807, 2.05) is 0 Å². The third-order valence-electron chi connectivity index (χ3n) is 2.80. The first-order valence-corrected chi connectivity index (χ1v) is 6.34. The minimum absolute atomic E-state index is 0.229. The van der Waals surface area contributed by atoms with Gasteiger partial charge in [-0.2, -0.15) is 0 Å². The summed E-state index contributed by atoms with van der Waals surface area (Å²) >= 11 is 5.85. The molecule has 1 amide bonds. The molecule has 0 bridgehead atoms. The molecule has 2 aromatic carbocycles. The van der Waals surface area contributed by atoms with Crippen LogP contribution in [0.25, 0.3) is 0 Å². The van der Waals surface area contributed by atoms with E-state index < -0.39 is 0 Å². The SMILES string of the molecule is C/C(=N\O)c1ccc(NC(=O)c2cccc(Cl)c2)cc1. The highest BCUT2D eigenvalue weighted by atomic mass is 35.5. The molecular weight excluding hydrogens is 276 g/mol. The topological polar surface area (TPSA) is 61.7 Å². The monoisotopic (exact) mass is 288 g/mol. The predicted molar refractivity (Wildman–Crippen MR) is 79.8 cm³/mol. The van der Waals surface area contributed by atoms with Crippen LogP contribution in [0.15, 0.2) is 53.7 Å². The normalized spacial score (nSPS) is 11.2. The fourth-order valence-electron chi connectivity index (χ4n) is 1.69. The second-order valence-electron chi connectivity index (χ2n) is 4.23. The highest BCUT2D eigenvalue weighted by molar-refractivity contribution is 6.31. The molecule has 2 rings (SSSR count). The Balaban J connectivity index is 2.12. The van der Waals surface area contributed by atoms with E-state index in [1.165, 1.54) is 0 Å². The van der Waals surface area contributed by atoms with Gasteiger partial charge in [-0.25, -0.2) is 0 Å². The molecule has 0 aliphatic heterocycles. The van der Waals surface area contributed by atoms with E-state index in [-0.39, 0.29) is 5.91 Å². The number of amides is 1. The van der Waals surface area contributed by atoms with Gasteiger partial charge in [-0.05, 0) is 42.8 Å². The van der Waals surface area contributed by atoms with Crippen LogP contribution in [0.3, 0.4) is 0 Å². The van der Waals surface area contributed by atoms with Crippen molar-refractivity contribution in [3.63, 3.8) is 0 Å². The maximum Gasteiger partial charge on any atom is 0.255 e. The van der Waals surface area contributed by atoms with E-state index in [1.54, 1.807) is 55.5 Å². The number of rotatable bonds is 3. The Morgan fingerprint density at radius 2 is 1.85 bits per heavy atom. The quantitative estimate of drug-likeness (QED) is 0.513. The van der Waals surface area contributed by atoms with Gasteiger partial charge in [-0.1, -0.05) is 35.0 Å². The lowest BCUT2D eigenvalue weighted by Gasteiger charge is -2.06. The van der Waals surface area contributed by atoms with Gasteiger partial charge >= 0.3 is 0 Å². The molecule has 2 aromatic rings. The van der Waals surface area contributed by atoms with Crippen LogP contribution in [0.2, 0.25) is 5.02 Å². The number of carbonyl (C=O) groups excluding carboxylic acids is 1. The summed E-state index contributed by atoms with van der Waals surface area (Å²) in [6.45, 7) is 1.69. The van der Waals surface area contributed by atoms with Crippen LogP contribution in [-0.2, 0) is 0 Å². The van der Waals surface area contributed by atoms with Crippen molar-refractivity contribution < 1.29 is 10.0 Å². The minimum Gasteiger partial charge on any atom is -0.411 e. The summed E-state index contributed by atoms with van der Waals surface area (Å²) in [5.41, 5.74) is 2.45. The third kappa shape index (κ3) is 3.36. The summed E-state index contributed by atoms with van der Waals surface area (Å²) in [6.07, 6.45) is 0. The van der Waals surface area contributed by atoms with Gasteiger partial charge in [0.15, 0.2) is 0 Å². The Morgan fingerprint density at radius 3 is 2.45 bits per heavy atom. The second-order valence-corrected chi connectivity index (χ2v) is 4.66. The van der Waals surface area contributed by atoms with Crippen molar-refractivity contribution in [3.8, 4) is 0 Å². The highest BCUT2D eigenvalue weighted by Crippen LogP contribution is 2.14. The number of hydrogen-bond donors (Lipinski definition) is 2. The third-order valence-corrected chi connectivity index (χ3v) is 3.03. The molecule has 0 aliphatic carbocycles. The Morgan fingerprint density at radius 1 is 1.15 bits per heavy atom. The van der Waals surface area contributed by atoms with Crippen LogP contribution >= 0.6 is 11.6 Å². The second kappa shape index (κ2) is 6.21. The molecule has 0 spiro atoms. The molecule has 5 heteroatoms. The minimum atomic E-state index is -0.229. The molecule has 0 saturated heterocycles. The Kier molecular flexibility index (Phi) is 4.38. The molecule has 0 atom stereocenters. The number of benzene rings is 2. The van der Waals surface area contributed by atoms with Crippen LogP contribution in [0.4, 0.5) is 5.69 Å². The first kappa shape index (κ1) is 14.1. The molecule has 0 saturated carbocycles. The maximum atomic E-state index is 12.0. The van der Waals surface area contributed by atoms with E-state index in [0.29, 0.717) is 22.0 Å². The van der Waals surface area contributed by atoms with Crippen molar-refractivity contribution in [2.75, 3.05) is 5.32 Å². The van der Waals surface area contributed by atoms with Gasteiger partial charge in [0.25, 0.3) is 5.91 Å². The summed E-state index contributed by atoms with van der Waals surface area (Å²) < 4.78 is 0. The number of carbonyl (C=O) groups is 1. The van der Waals surface area contributed by atoms with Crippen LogP contribution < -0.4 is 5.32 Å². The van der Waals surface area contributed by atoms with E-state index in [0.717, 1.165) is 5.56 Å². The van der Waals surface area contributed by atoms with E-state index in [4.69, 9.17) is 16.8 Å². The number of nitrogens with one attached hydrogen (secondary N) is 1. The van der Waals surface area contributed by atoms with E-state index >= 15 is 0 Å². The van der Waals surface area contributed by atoms with Crippen LogP contribution in [0.5, 0.6) is 0 Å². The van der Waals surface area contributed by atoms with Gasteiger partial charge in [0.2, 0.25) is 0 Å². The first-order valence-electron chi connectivity index (χ1n) is 5.96. The number of halogens is 1. The molecule has 0 aliphatic rings. The lowest BCUT2D eigenvalue weighted by atomic mass is 10.1. The molecule has 102 valence electrons. The van der Waals surface area contributed by atoms with Crippen molar-refractivity contribution in [2.24, 2.45) is 5.16 Å². The fourth-order valence-corrected chi connectivity index (χ4v) is 1.88. The molecule has 0 heterocycles. The largest absolute Gasteiger partial charge is 0.411 e. The van der Waals surface area contributed by atoms with Gasteiger partial charge in [0, 0.05) is 16.3 Å². The lowest BCUT2D eigenvalue weighted by Crippen LogP contribution is -2.11. The number of anilines is 1. The molecule has 4 nitrogen and oxygen atoms in total. The van der Waals surface area contributed by atoms with E-state index in [2.05, 4.69) is 10.5 Å². The zero-order valence-electron chi connectivity index (χ0n) is 10.8. The van der Waals surface area contributed by atoms with Crippen molar-refractivity contribution in [1.29, 1.82) is 0 Å². The Bertz CT molecular complexity index is 651. The van der Waals surface area contributed by atoms with Gasteiger partial charge in [0.1, 0.15) is 0 Å². The average molecular weight is 289 g/mol. The van der Waals surface area contributed by atoms with Crippen molar-refractivity contribution >= 4 is 28.9 Å². The van der Waals surface area contributed by atoms with Crippen LogP contribution in [0, 0.1) is 0 Å². The number of oxime groups is 1. The fraction of sp³-hybridized carbons (Fsp3) is 0.0667. The molecule has 0 fully saturated rings. The van der Waals surface area contributed by atoms with Crippen LogP contribution in [-0.4, -0.2) is 16.8 Å². The Hall–Kier alpha value is -2.33. The number of nitrogens with zero attached hydrogens (tertiary/aromatic N) is 1. The molecule has 0 aromatic heterocycles. The molecule has 20 heavy (non-hydrogen) atoms. The summed E-state index contributed by atoms with van der Waals surface area (Å²) in [7, 11) is 0. The summed E-state index contributed by atoms with van der Waals surface area (Å²) in [5.74, 6) is -0.229. The summed E-state index contributed by atoms with van der Waals surface area (Å²) in [6, 6.07) is 13.8. The van der Waals surface area contributed by atoms with Crippen LogP contribution in [0.1, 0.15) is 22.8 Å². The predicted octanol–water partition coefficient (Wildman–Crippen LogP) is 3.79. The van der Waals surface area contributed by atoms with Gasteiger partial charge < -0.3 is 10.5 Å². The van der Waals surface area contributed by atoms with Crippen molar-refractivity contribution in [3.05, 3.63) is 64.7 Å². The zero-order chi connectivity index (χ0) is 14.5. The molecule has 0 radical (unpaired) electrons. The highest BCUT2D eigenvalue weighted by Gasteiger charge is 2.06. The molecule has 2 N–H and O–H groups in total. The van der Waals surface area contributed by atoms with Gasteiger partial charge in [-0.3, -0.25) is 4.79 Å². The summed E-state index contributed by atoms with van der Waals surface area (Å²) in [4.78, 5) is 12.0. The van der Waals surface area contributed by atoms with Crippen molar-refractivity contribution in [2.45, 2.75) is 6.92 Å². The van der Waals surface area contributed by atoms with E-state index in [9.17, 15) is 4.79 Å². The number of hydrogen-bond acceptors (Lipinski definition) is 3. The first-order chi connectivity index (χ1) is 9.60. The lowest BCUT2D eigenvalue weighted by molar-refractivity contribution is 0.102. The van der Waals surface area contributed by atoms with Gasteiger partial charge in [-0.15, -0.1) is 0 Å². The molecular formula is C15H13ClN2O2. The standard InChI is InChI=1S/C15H13ClN2O2/c1-10(18-20)11-5-7-14(8-6-11)17-15(19)12-3-2-4-13(16)9-12/h2-9,20H,1H3,(H,17,19)/b18-10+.